The fourth-order valence-corrected chi connectivity index (χ4v) is 2.21. The van der Waals surface area contributed by atoms with Crippen LogP contribution in [0.25, 0.3) is 0 Å². The van der Waals surface area contributed by atoms with Crippen molar-refractivity contribution in [1.82, 2.24) is 4.57 Å². The first-order valence-corrected chi connectivity index (χ1v) is 6.86. The van der Waals surface area contributed by atoms with Gasteiger partial charge in [-0.2, -0.15) is 0 Å². The van der Waals surface area contributed by atoms with Gasteiger partial charge in [0.15, 0.2) is 0 Å². The van der Waals surface area contributed by atoms with E-state index in [4.69, 9.17) is 0 Å². The molecule has 4 nitrogen and oxygen atoms in total. The molecule has 0 unspecified atom stereocenters. The van der Waals surface area contributed by atoms with E-state index in [2.05, 4.69) is 40.5 Å². The van der Waals surface area contributed by atoms with E-state index < -0.39 is 0 Å². The van der Waals surface area contributed by atoms with Gasteiger partial charge in [-0.25, -0.2) is 0 Å². The molecule has 0 aliphatic rings. The van der Waals surface area contributed by atoms with Gasteiger partial charge in [-0.1, -0.05) is 0 Å². The van der Waals surface area contributed by atoms with Crippen molar-refractivity contribution in [1.29, 1.82) is 0 Å². The Kier molecular flexibility index (Phi) is 4.45. The maximum absolute atomic E-state index is 11.1. The minimum absolute atomic E-state index is 0.0467. The van der Waals surface area contributed by atoms with Crippen LogP contribution in [0.5, 0.6) is 0 Å². The summed E-state index contributed by atoms with van der Waals surface area (Å²) in [5.74, 6) is -0.0467. The summed E-state index contributed by atoms with van der Waals surface area (Å²) in [4.78, 5) is 11.1. The number of benzene rings is 1. The van der Waals surface area contributed by atoms with Crippen molar-refractivity contribution >= 4 is 17.3 Å². The molecule has 2 N–H and O–H groups in total. The first kappa shape index (κ1) is 14.2. The van der Waals surface area contributed by atoms with Gasteiger partial charge < -0.3 is 15.2 Å². The molecule has 0 saturated carbocycles. The predicted octanol–water partition coefficient (Wildman–Crippen LogP) is 3.39. The number of carbonyl (C=O) groups is 1. The number of rotatable bonds is 5. The summed E-state index contributed by atoms with van der Waals surface area (Å²) in [6.07, 6.45) is 2.09. The Bertz CT molecular complexity index is 602. The number of hydrogen-bond acceptors (Lipinski definition) is 2. The predicted molar refractivity (Wildman–Crippen MR) is 82.9 cm³/mol. The molecular formula is C16H21N3O. The molecule has 0 spiro atoms. The molecular weight excluding hydrogens is 250 g/mol. The number of nitrogens with zero attached hydrogens (tertiary/aromatic N) is 1. The Morgan fingerprint density at radius 1 is 1.30 bits per heavy atom. The second-order valence-electron chi connectivity index (χ2n) is 4.85. The highest BCUT2D eigenvalue weighted by Gasteiger charge is 2.03. The molecule has 1 aromatic heterocycles. The summed E-state index contributed by atoms with van der Waals surface area (Å²) in [7, 11) is 0. The van der Waals surface area contributed by atoms with E-state index in [1.807, 2.05) is 25.1 Å². The van der Waals surface area contributed by atoms with Gasteiger partial charge in [0.2, 0.25) is 5.91 Å². The average molecular weight is 271 g/mol. The largest absolute Gasteiger partial charge is 0.379 e. The summed E-state index contributed by atoms with van der Waals surface area (Å²) < 4.78 is 2.21. The summed E-state index contributed by atoms with van der Waals surface area (Å²) in [6, 6.07) is 10.1. The Morgan fingerprint density at radius 3 is 2.75 bits per heavy atom. The molecule has 0 aliphatic carbocycles. The standard InChI is InChI=1S/C16H21N3O/c1-4-19-9-5-6-15(19)11-17-14-7-8-16(12(2)10-14)18-13(3)20/h5-10,17H,4,11H2,1-3H3,(H,18,20). The van der Waals surface area contributed by atoms with Crippen molar-refractivity contribution in [2.75, 3.05) is 10.6 Å². The highest BCUT2D eigenvalue weighted by Crippen LogP contribution is 2.20. The van der Waals surface area contributed by atoms with E-state index in [0.29, 0.717) is 0 Å². The van der Waals surface area contributed by atoms with Gasteiger partial charge in [-0.15, -0.1) is 0 Å². The van der Waals surface area contributed by atoms with Crippen molar-refractivity contribution in [2.24, 2.45) is 0 Å². The Morgan fingerprint density at radius 2 is 2.10 bits per heavy atom. The number of hydrogen-bond donors (Lipinski definition) is 2. The molecule has 1 aromatic carbocycles. The Labute approximate surface area is 119 Å². The van der Waals surface area contributed by atoms with Crippen LogP contribution in [-0.4, -0.2) is 10.5 Å². The Balaban J connectivity index is 2.03. The molecule has 20 heavy (non-hydrogen) atoms. The molecule has 0 atom stereocenters. The fraction of sp³-hybridized carbons (Fsp3) is 0.312. The molecule has 106 valence electrons. The van der Waals surface area contributed by atoms with E-state index in [9.17, 15) is 4.79 Å². The third-order valence-electron chi connectivity index (χ3n) is 3.27. The van der Waals surface area contributed by atoms with Crippen LogP contribution in [0.3, 0.4) is 0 Å². The van der Waals surface area contributed by atoms with Gasteiger partial charge in [-0.3, -0.25) is 4.79 Å². The lowest BCUT2D eigenvalue weighted by Crippen LogP contribution is -2.08. The number of aromatic nitrogens is 1. The fourth-order valence-electron chi connectivity index (χ4n) is 2.21. The summed E-state index contributed by atoms with van der Waals surface area (Å²) in [5.41, 5.74) is 4.23. The van der Waals surface area contributed by atoms with E-state index >= 15 is 0 Å². The maximum atomic E-state index is 11.1. The van der Waals surface area contributed by atoms with E-state index in [1.54, 1.807) is 0 Å². The molecule has 0 fully saturated rings. The lowest BCUT2D eigenvalue weighted by atomic mass is 10.1. The summed E-state index contributed by atoms with van der Waals surface area (Å²) in [6.45, 7) is 7.41. The van der Waals surface area contributed by atoms with Crippen LogP contribution in [0.15, 0.2) is 36.5 Å². The molecule has 2 aromatic rings. The molecule has 0 aliphatic heterocycles. The van der Waals surface area contributed by atoms with Gasteiger partial charge in [0.1, 0.15) is 0 Å². The van der Waals surface area contributed by atoms with Crippen molar-refractivity contribution in [3.63, 3.8) is 0 Å². The topological polar surface area (TPSA) is 46.1 Å². The van der Waals surface area contributed by atoms with E-state index in [-0.39, 0.29) is 5.91 Å². The van der Waals surface area contributed by atoms with Crippen molar-refractivity contribution in [3.8, 4) is 0 Å². The van der Waals surface area contributed by atoms with Crippen molar-refractivity contribution < 1.29 is 4.79 Å². The zero-order valence-electron chi connectivity index (χ0n) is 12.2. The molecule has 0 saturated heterocycles. The third kappa shape index (κ3) is 3.41. The van der Waals surface area contributed by atoms with Crippen LogP contribution in [0.1, 0.15) is 25.1 Å². The minimum Gasteiger partial charge on any atom is -0.379 e. The molecule has 4 heteroatoms. The van der Waals surface area contributed by atoms with Crippen LogP contribution >= 0.6 is 0 Å². The number of carbonyl (C=O) groups excluding carboxylic acids is 1. The van der Waals surface area contributed by atoms with E-state index in [1.165, 1.54) is 12.6 Å². The number of aryl methyl sites for hydroxylation is 2. The summed E-state index contributed by atoms with van der Waals surface area (Å²) >= 11 is 0. The van der Waals surface area contributed by atoms with Crippen LogP contribution in [-0.2, 0) is 17.9 Å². The van der Waals surface area contributed by atoms with Crippen molar-refractivity contribution in [3.05, 3.63) is 47.8 Å². The first-order chi connectivity index (χ1) is 9.60. The second-order valence-corrected chi connectivity index (χ2v) is 4.85. The SMILES string of the molecule is CCn1cccc1CNc1ccc(NC(C)=O)c(C)c1. The zero-order chi connectivity index (χ0) is 14.5. The molecule has 2 rings (SSSR count). The Hall–Kier alpha value is -2.23. The van der Waals surface area contributed by atoms with Gasteiger partial charge in [-0.05, 0) is 49.7 Å². The van der Waals surface area contributed by atoms with Crippen molar-refractivity contribution in [2.45, 2.75) is 33.9 Å². The normalized spacial score (nSPS) is 10.3. The van der Waals surface area contributed by atoms with E-state index in [0.717, 1.165) is 30.0 Å². The van der Waals surface area contributed by atoms with Gasteiger partial charge >= 0.3 is 0 Å². The smallest absolute Gasteiger partial charge is 0.221 e. The van der Waals surface area contributed by atoms with Gasteiger partial charge in [0.05, 0.1) is 6.54 Å². The second kappa shape index (κ2) is 6.28. The third-order valence-corrected chi connectivity index (χ3v) is 3.27. The lowest BCUT2D eigenvalue weighted by molar-refractivity contribution is -0.114. The van der Waals surface area contributed by atoms with Crippen LogP contribution < -0.4 is 10.6 Å². The highest BCUT2D eigenvalue weighted by molar-refractivity contribution is 5.89. The molecule has 1 amide bonds. The van der Waals surface area contributed by atoms with Crippen LogP contribution in [0, 0.1) is 6.92 Å². The van der Waals surface area contributed by atoms with Gasteiger partial charge in [0.25, 0.3) is 0 Å². The highest BCUT2D eigenvalue weighted by atomic mass is 16.1. The molecule has 1 heterocycles. The first-order valence-electron chi connectivity index (χ1n) is 6.86. The monoisotopic (exact) mass is 271 g/mol. The van der Waals surface area contributed by atoms with Crippen LogP contribution in [0.4, 0.5) is 11.4 Å². The van der Waals surface area contributed by atoms with Gasteiger partial charge in [0, 0.05) is 36.7 Å². The van der Waals surface area contributed by atoms with Crippen LogP contribution in [0.2, 0.25) is 0 Å². The molecule has 0 bridgehead atoms. The number of anilines is 2. The quantitative estimate of drug-likeness (QED) is 0.875. The average Bonchev–Trinajstić information content (AvgIpc) is 2.86. The molecule has 0 radical (unpaired) electrons. The maximum Gasteiger partial charge on any atom is 0.221 e. The summed E-state index contributed by atoms with van der Waals surface area (Å²) in [5, 5.41) is 6.23. The number of amides is 1. The minimum atomic E-state index is -0.0467. The zero-order valence-corrected chi connectivity index (χ0v) is 12.2. The lowest BCUT2D eigenvalue weighted by Gasteiger charge is -2.12. The number of nitrogens with one attached hydrogen (secondary N) is 2.